The number of likely N-dealkylation sites (N-methyl/N-ethyl adjacent to an activating group) is 1. The number of amides is 1. The first kappa shape index (κ1) is 18.9. The Labute approximate surface area is 147 Å². The number of halogens is 2. The van der Waals surface area contributed by atoms with Crippen LogP contribution >= 0.6 is 0 Å². The molecular formula is C19H24F2N3O+. The predicted molar refractivity (Wildman–Crippen MR) is 95.0 cm³/mol. The molecule has 134 valence electrons. The topological polar surface area (TPSA) is 36.8 Å². The Balaban J connectivity index is 2.08. The molecule has 0 unspecified atom stereocenters. The molecule has 0 aliphatic carbocycles. The Kier molecular flexibility index (Phi) is 6.09. The quantitative estimate of drug-likeness (QED) is 0.833. The van der Waals surface area contributed by atoms with Gasteiger partial charge in [0.2, 0.25) is 0 Å². The van der Waals surface area contributed by atoms with Gasteiger partial charge in [-0.1, -0.05) is 12.1 Å². The predicted octanol–water partition coefficient (Wildman–Crippen LogP) is 1.65. The van der Waals surface area contributed by atoms with Gasteiger partial charge in [0.05, 0.1) is 20.6 Å². The summed E-state index contributed by atoms with van der Waals surface area (Å²) in [7, 11) is 7.97. The first-order valence-electron chi connectivity index (χ1n) is 8.10. The highest BCUT2D eigenvalue weighted by molar-refractivity contribution is 5.94. The van der Waals surface area contributed by atoms with E-state index >= 15 is 0 Å². The van der Waals surface area contributed by atoms with Gasteiger partial charge >= 0.3 is 0 Å². The van der Waals surface area contributed by atoms with Crippen molar-refractivity contribution in [1.29, 1.82) is 0 Å². The summed E-state index contributed by atoms with van der Waals surface area (Å²) in [6.45, 7) is 0.390. The van der Waals surface area contributed by atoms with E-state index in [1.54, 1.807) is 0 Å². The van der Waals surface area contributed by atoms with Crippen LogP contribution in [0.5, 0.6) is 0 Å². The van der Waals surface area contributed by atoms with E-state index in [4.69, 9.17) is 0 Å². The average molecular weight is 348 g/mol. The summed E-state index contributed by atoms with van der Waals surface area (Å²) >= 11 is 0. The van der Waals surface area contributed by atoms with E-state index < -0.39 is 17.5 Å². The Hall–Kier alpha value is -2.47. The van der Waals surface area contributed by atoms with Gasteiger partial charge in [0.25, 0.3) is 5.91 Å². The molecule has 0 saturated carbocycles. The Morgan fingerprint density at radius 1 is 1.08 bits per heavy atom. The maximum absolute atomic E-state index is 13.3. The van der Waals surface area contributed by atoms with E-state index in [0.29, 0.717) is 6.54 Å². The molecule has 0 spiro atoms. The lowest BCUT2D eigenvalue weighted by molar-refractivity contribution is -0.890. The first-order valence-corrected chi connectivity index (χ1v) is 8.10. The molecule has 6 heteroatoms. The fourth-order valence-electron chi connectivity index (χ4n) is 2.59. The van der Waals surface area contributed by atoms with Crippen LogP contribution in [0, 0.1) is 11.6 Å². The zero-order valence-electron chi connectivity index (χ0n) is 14.9. The number of rotatable bonds is 6. The van der Waals surface area contributed by atoms with Gasteiger partial charge in [-0.25, -0.2) is 8.78 Å². The van der Waals surface area contributed by atoms with Crippen molar-refractivity contribution in [3.8, 4) is 0 Å². The molecule has 2 rings (SSSR count). The van der Waals surface area contributed by atoms with Gasteiger partial charge in [-0.15, -0.1) is 0 Å². The molecule has 2 N–H and O–H groups in total. The Bertz CT molecular complexity index is 730. The second-order valence-corrected chi connectivity index (χ2v) is 6.45. The molecule has 0 heterocycles. The van der Waals surface area contributed by atoms with Crippen LogP contribution in [0.15, 0.2) is 42.5 Å². The highest BCUT2D eigenvalue weighted by Crippen LogP contribution is 2.16. The zero-order valence-corrected chi connectivity index (χ0v) is 14.9. The molecule has 0 aromatic heterocycles. The molecule has 2 aromatic carbocycles. The number of hydrogen-bond donors (Lipinski definition) is 2. The number of nitrogens with one attached hydrogen (secondary N) is 2. The van der Waals surface area contributed by atoms with Gasteiger partial charge < -0.3 is 15.1 Å². The highest BCUT2D eigenvalue weighted by Gasteiger charge is 2.19. The Morgan fingerprint density at radius 3 is 2.24 bits per heavy atom. The number of carbonyl (C=O) groups excluding carboxylic acids is 1. The van der Waals surface area contributed by atoms with Crippen LogP contribution in [-0.2, 0) is 0 Å². The minimum absolute atomic E-state index is 0.0467. The van der Waals surface area contributed by atoms with E-state index in [1.807, 2.05) is 57.4 Å². The SMILES string of the molecule is CN(C)c1ccc([C@@H](CNC(=O)c2ccc(F)c(F)c2)[NH+](C)C)cc1. The molecule has 1 atom stereocenters. The minimum atomic E-state index is -1.03. The van der Waals surface area contributed by atoms with Gasteiger partial charge in [0.15, 0.2) is 11.6 Å². The second-order valence-electron chi connectivity index (χ2n) is 6.45. The fourth-order valence-corrected chi connectivity index (χ4v) is 2.59. The van der Waals surface area contributed by atoms with Crippen molar-refractivity contribution in [3.05, 3.63) is 65.2 Å². The number of quaternary nitrogens is 1. The molecule has 1 amide bonds. The summed E-state index contributed by atoms with van der Waals surface area (Å²) in [5.41, 5.74) is 2.30. The number of nitrogens with zero attached hydrogens (tertiary/aromatic N) is 1. The molecule has 4 nitrogen and oxygen atoms in total. The lowest BCUT2D eigenvalue weighted by atomic mass is 10.0. The number of carbonyl (C=O) groups is 1. The monoisotopic (exact) mass is 348 g/mol. The third kappa shape index (κ3) is 4.76. The summed E-state index contributed by atoms with van der Waals surface area (Å²) in [6, 6.07) is 11.3. The second kappa shape index (κ2) is 8.07. The zero-order chi connectivity index (χ0) is 18.6. The molecule has 0 saturated heterocycles. The molecule has 0 aliphatic rings. The van der Waals surface area contributed by atoms with Gasteiger partial charge in [-0.2, -0.15) is 0 Å². The molecule has 2 aromatic rings. The van der Waals surface area contributed by atoms with Crippen molar-refractivity contribution in [2.75, 3.05) is 39.6 Å². The van der Waals surface area contributed by atoms with Gasteiger partial charge in [-0.05, 0) is 30.3 Å². The third-order valence-corrected chi connectivity index (χ3v) is 4.16. The van der Waals surface area contributed by atoms with Crippen LogP contribution in [-0.4, -0.2) is 40.6 Å². The number of anilines is 1. The molecule has 0 radical (unpaired) electrons. The van der Waals surface area contributed by atoms with Gasteiger partial charge in [0, 0.05) is 30.9 Å². The van der Waals surface area contributed by atoms with Crippen LogP contribution in [0.4, 0.5) is 14.5 Å². The average Bonchev–Trinajstić information content (AvgIpc) is 2.57. The van der Waals surface area contributed by atoms with Gasteiger partial charge in [-0.3, -0.25) is 4.79 Å². The molecule has 25 heavy (non-hydrogen) atoms. The lowest BCUT2D eigenvalue weighted by Gasteiger charge is -2.23. The first-order chi connectivity index (χ1) is 11.8. The van der Waals surface area contributed by atoms with Crippen LogP contribution in [0.3, 0.4) is 0 Å². The normalized spacial score (nSPS) is 12.1. The van der Waals surface area contributed by atoms with Crippen molar-refractivity contribution >= 4 is 11.6 Å². The summed E-state index contributed by atoms with van der Waals surface area (Å²) in [5.74, 6) is -2.41. The fraction of sp³-hybridized carbons (Fsp3) is 0.316. The van der Waals surface area contributed by atoms with E-state index in [9.17, 15) is 13.6 Å². The molecule has 0 fully saturated rings. The summed E-state index contributed by atoms with van der Waals surface area (Å²) in [6.07, 6.45) is 0. The smallest absolute Gasteiger partial charge is 0.251 e. The Morgan fingerprint density at radius 2 is 1.72 bits per heavy atom. The summed E-state index contributed by atoms with van der Waals surface area (Å²) < 4.78 is 26.3. The van der Waals surface area contributed by atoms with E-state index in [1.165, 1.54) is 6.07 Å². The number of benzene rings is 2. The van der Waals surface area contributed by atoms with Crippen molar-refractivity contribution in [2.45, 2.75) is 6.04 Å². The van der Waals surface area contributed by atoms with Crippen LogP contribution < -0.4 is 15.1 Å². The maximum atomic E-state index is 13.3. The lowest BCUT2D eigenvalue weighted by Crippen LogP contribution is -3.07. The van der Waals surface area contributed by atoms with Crippen molar-refractivity contribution in [1.82, 2.24) is 5.32 Å². The maximum Gasteiger partial charge on any atom is 0.251 e. The molecule has 0 bridgehead atoms. The van der Waals surface area contributed by atoms with Crippen molar-refractivity contribution in [3.63, 3.8) is 0 Å². The standard InChI is InChI=1S/C19H23F2N3O/c1-23(2)15-8-5-13(6-9-15)18(24(3)4)12-22-19(25)14-7-10-16(20)17(21)11-14/h5-11,18H,12H2,1-4H3,(H,22,25)/p+1/t18-/m1/s1. The van der Waals surface area contributed by atoms with Crippen LogP contribution in [0.1, 0.15) is 22.0 Å². The highest BCUT2D eigenvalue weighted by atomic mass is 19.2. The van der Waals surface area contributed by atoms with Crippen molar-refractivity contribution in [2.24, 2.45) is 0 Å². The van der Waals surface area contributed by atoms with Crippen LogP contribution in [0.25, 0.3) is 0 Å². The van der Waals surface area contributed by atoms with E-state index in [2.05, 4.69) is 5.32 Å². The summed E-state index contributed by atoms with van der Waals surface area (Å²) in [5, 5.41) is 2.80. The van der Waals surface area contributed by atoms with Gasteiger partial charge in [0.1, 0.15) is 6.04 Å². The minimum Gasteiger partial charge on any atom is -0.378 e. The van der Waals surface area contributed by atoms with E-state index in [-0.39, 0.29) is 11.6 Å². The summed E-state index contributed by atoms with van der Waals surface area (Å²) in [4.78, 5) is 15.4. The van der Waals surface area contributed by atoms with E-state index in [0.717, 1.165) is 28.3 Å². The third-order valence-electron chi connectivity index (χ3n) is 4.16. The van der Waals surface area contributed by atoms with Crippen molar-refractivity contribution < 1.29 is 18.5 Å². The van der Waals surface area contributed by atoms with Crippen LogP contribution in [0.2, 0.25) is 0 Å². The molecular weight excluding hydrogens is 324 g/mol. The largest absolute Gasteiger partial charge is 0.378 e. The molecule has 0 aliphatic heterocycles. The number of hydrogen-bond acceptors (Lipinski definition) is 2.